The van der Waals surface area contributed by atoms with E-state index in [9.17, 15) is 4.79 Å². The zero-order chi connectivity index (χ0) is 18.9. The smallest absolute Gasteiger partial charge is 0.263 e. The van der Waals surface area contributed by atoms with Gasteiger partial charge in [-0.3, -0.25) is 14.7 Å². The van der Waals surface area contributed by atoms with Gasteiger partial charge in [-0.05, 0) is 41.0 Å². The molecule has 8 heteroatoms. The summed E-state index contributed by atoms with van der Waals surface area (Å²) >= 11 is 0. The topological polar surface area (TPSA) is 88.1 Å². The van der Waals surface area contributed by atoms with E-state index in [1.54, 1.807) is 10.9 Å². The van der Waals surface area contributed by atoms with Crippen molar-refractivity contribution < 1.29 is 4.74 Å². The molecular weight excluding hydrogens is 332 g/mol. The van der Waals surface area contributed by atoms with Crippen molar-refractivity contribution in [3.63, 3.8) is 0 Å². The number of anilines is 1. The van der Waals surface area contributed by atoms with Gasteiger partial charge in [0.05, 0.1) is 23.9 Å². The number of morpholine rings is 1. The van der Waals surface area contributed by atoms with Crippen LogP contribution in [0.5, 0.6) is 0 Å². The molecule has 2 N–H and O–H groups in total. The molecule has 0 radical (unpaired) electrons. The normalized spacial score (nSPS) is 22.0. The first-order valence-electron chi connectivity index (χ1n) is 9.34. The number of aromatic amines is 1. The number of fused-ring (bicyclic) bond motifs is 1. The molecule has 1 aliphatic heterocycles. The van der Waals surface area contributed by atoms with E-state index in [0.29, 0.717) is 17.0 Å². The maximum Gasteiger partial charge on any atom is 0.263 e. The average molecular weight is 362 g/mol. The highest BCUT2D eigenvalue weighted by Gasteiger charge is 2.22. The second kappa shape index (κ2) is 7.36. The van der Waals surface area contributed by atoms with Gasteiger partial charge in [0.25, 0.3) is 5.56 Å². The lowest BCUT2D eigenvalue weighted by Crippen LogP contribution is -2.45. The van der Waals surface area contributed by atoms with Crippen molar-refractivity contribution in [1.29, 1.82) is 0 Å². The maximum atomic E-state index is 12.3. The maximum absolute atomic E-state index is 12.3. The molecule has 3 heterocycles. The van der Waals surface area contributed by atoms with Gasteiger partial charge in [-0.15, -0.1) is 0 Å². The summed E-state index contributed by atoms with van der Waals surface area (Å²) in [4.78, 5) is 22.1. The van der Waals surface area contributed by atoms with E-state index in [2.05, 4.69) is 39.1 Å². The molecule has 0 spiro atoms. The standard InChI is InChI=1S/C18H30N6O2/c1-12-10-23(11-13(2)26-12)8-6-7-19-17-21-15-14(16(25)22-17)9-20-24(15)18(3,4)5/h9,12-13H,6-8,10-11H2,1-5H3,(H2,19,21,22,25). The van der Waals surface area contributed by atoms with Crippen LogP contribution >= 0.6 is 0 Å². The Morgan fingerprint density at radius 1 is 1.31 bits per heavy atom. The summed E-state index contributed by atoms with van der Waals surface area (Å²) in [5, 5.41) is 8.09. The summed E-state index contributed by atoms with van der Waals surface area (Å²) in [5.74, 6) is 0.497. The molecule has 2 unspecified atom stereocenters. The first kappa shape index (κ1) is 18.8. The Kier molecular flexibility index (Phi) is 5.34. The van der Waals surface area contributed by atoms with Crippen LogP contribution in [-0.4, -0.2) is 63.0 Å². The molecule has 0 bridgehead atoms. The minimum absolute atomic E-state index is 0.163. The average Bonchev–Trinajstić information content (AvgIpc) is 2.95. The van der Waals surface area contributed by atoms with Crippen molar-refractivity contribution in [3.05, 3.63) is 16.6 Å². The van der Waals surface area contributed by atoms with Gasteiger partial charge in [0.15, 0.2) is 5.65 Å². The molecular formula is C18H30N6O2. The van der Waals surface area contributed by atoms with E-state index in [1.807, 2.05) is 20.8 Å². The molecule has 2 atom stereocenters. The summed E-state index contributed by atoms with van der Waals surface area (Å²) < 4.78 is 7.55. The number of rotatable bonds is 5. The third-order valence-corrected chi connectivity index (χ3v) is 4.51. The van der Waals surface area contributed by atoms with Crippen LogP contribution in [0.2, 0.25) is 0 Å². The van der Waals surface area contributed by atoms with E-state index < -0.39 is 0 Å². The summed E-state index contributed by atoms with van der Waals surface area (Å²) in [6.07, 6.45) is 3.12. The largest absolute Gasteiger partial charge is 0.373 e. The fourth-order valence-electron chi connectivity index (χ4n) is 3.47. The second-order valence-corrected chi connectivity index (χ2v) is 8.18. The van der Waals surface area contributed by atoms with E-state index in [-0.39, 0.29) is 23.3 Å². The Morgan fingerprint density at radius 2 is 2.00 bits per heavy atom. The highest BCUT2D eigenvalue weighted by molar-refractivity contribution is 5.74. The number of hydrogen-bond acceptors (Lipinski definition) is 6. The molecule has 0 amide bonds. The van der Waals surface area contributed by atoms with Crippen molar-refractivity contribution in [2.24, 2.45) is 0 Å². The Labute approximate surface area is 153 Å². The third-order valence-electron chi connectivity index (χ3n) is 4.51. The van der Waals surface area contributed by atoms with E-state index >= 15 is 0 Å². The zero-order valence-corrected chi connectivity index (χ0v) is 16.4. The van der Waals surface area contributed by atoms with Gasteiger partial charge in [0, 0.05) is 26.2 Å². The first-order valence-corrected chi connectivity index (χ1v) is 9.34. The molecule has 0 aliphatic carbocycles. The van der Waals surface area contributed by atoms with Crippen molar-refractivity contribution in [2.45, 2.75) is 58.8 Å². The lowest BCUT2D eigenvalue weighted by atomic mass is 10.1. The molecule has 8 nitrogen and oxygen atoms in total. The van der Waals surface area contributed by atoms with Crippen LogP contribution in [0.3, 0.4) is 0 Å². The number of hydrogen-bond donors (Lipinski definition) is 2. The Balaban J connectivity index is 1.61. The number of nitrogens with zero attached hydrogens (tertiary/aromatic N) is 4. The van der Waals surface area contributed by atoms with Crippen LogP contribution in [0.1, 0.15) is 41.0 Å². The highest BCUT2D eigenvalue weighted by atomic mass is 16.5. The quantitative estimate of drug-likeness (QED) is 0.789. The number of ether oxygens (including phenoxy) is 1. The predicted octanol–water partition coefficient (Wildman–Crippen LogP) is 1.79. The van der Waals surface area contributed by atoms with Crippen molar-refractivity contribution in [3.8, 4) is 0 Å². The summed E-state index contributed by atoms with van der Waals surface area (Å²) in [5.41, 5.74) is 0.215. The molecule has 0 aromatic carbocycles. The minimum atomic E-state index is -0.233. The zero-order valence-electron chi connectivity index (χ0n) is 16.4. The third kappa shape index (κ3) is 4.24. The van der Waals surface area contributed by atoms with E-state index in [4.69, 9.17) is 4.74 Å². The molecule has 144 valence electrons. The summed E-state index contributed by atoms with van der Waals surface area (Å²) in [7, 11) is 0. The van der Waals surface area contributed by atoms with Crippen LogP contribution in [0.15, 0.2) is 11.0 Å². The Morgan fingerprint density at radius 3 is 2.65 bits per heavy atom. The molecule has 1 fully saturated rings. The predicted molar refractivity (Wildman–Crippen MR) is 103 cm³/mol. The van der Waals surface area contributed by atoms with Crippen LogP contribution in [0, 0.1) is 0 Å². The van der Waals surface area contributed by atoms with Gasteiger partial charge in [-0.25, -0.2) is 4.68 Å². The second-order valence-electron chi connectivity index (χ2n) is 8.18. The van der Waals surface area contributed by atoms with Crippen LogP contribution < -0.4 is 10.9 Å². The molecule has 0 saturated carbocycles. The number of aromatic nitrogens is 4. The number of nitrogens with one attached hydrogen (secondary N) is 2. The first-order chi connectivity index (χ1) is 12.2. The number of H-pyrrole nitrogens is 1. The van der Waals surface area contributed by atoms with E-state index in [0.717, 1.165) is 32.6 Å². The molecule has 3 rings (SSSR count). The molecule has 1 saturated heterocycles. The minimum Gasteiger partial charge on any atom is -0.373 e. The lowest BCUT2D eigenvalue weighted by molar-refractivity contribution is -0.0678. The monoisotopic (exact) mass is 362 g/mol. The summed E-state index contributed by atoms with van der Waals surface area (Å²) in [6.45, 7) is 14.0. The van der Waals surface area contributed by atoms with Gasteiger partial charge >= 0.3 is 0 Å². The van der Waals surface area contributed by atoms with Crippen molar-refractivity contribution >= 4 is 17.0 Å². The van der Waals surface area contributed by atoms with Crippen LogP contribution in [0.4, 0.5) is 5.95 Å². The SMILES string of the molecule is CC1CN(CCCNc2nc3c(cnn3C(C)(C)C)c(=O)[nH]2)CC(C)O1. The van der Waals surface area contributed by atoms with Crippen molar-refractivity contribution in [1.82, 2.24) is 24.6 Å². The molecule has 2 aromatic rings. The fraction of sp³-hybridized carbons (Fsp3) is 0.722. The van der Waals surface area contributed by atoms with Crippen molar-refractivity contribution in [2.75, 3.05) is 31.5 Å². The highest BCUT2D eigenvalue weighted by Crippen LogP contribution is 2.18. The Hall–Kier alpha value is -1.93. The van der Waals surface area contributed by atoms with Crippen LogP contribution in [0.25, 0.3) is 11.0 Å². The van der Waals surface area contributed by atoms with Crippen LogP contribution in [-0.2, 0) is 10.3 Å². The lowest BCUT2D eigenvalue weighted by Gasteiger charge is -2.35. The molecule has 1 aliphatic rings. The van der Waals surface area contributed by atoms with E-state index in [1.165, 1.54) is 0 Å². The van der Waals surface area contributed by atoms with Gasteiger partial charge in [0.2, 0.25) is 5.95 Å². The van der Waals surface area contributed by atoms with Gasteiger partial charge < -0.3 is 10.1 Å². The molecule has 26 heavy (non-hydrogen) atoms. The Bertz CT molecular complexity index is 796. The summed E-state index contributed by atoms with van der Waals surface area (Å²) in [6, 6.07) is 0. The van der Waals surface area contributed by atoms with Gasteiger partial charge in [-0.2, -0.15) is 10.1 Å². The van der Waals surface area contributed by atoms with Gasteiger partial charge in [-0.1, -0.05) is 0 Å². The fourth-order valence-corrected chi connectivity index (χ4v) is 3.47. The molecule has 2 aromatic heterocycles. The van der Waals surface area contributed by atoms with Gasteiger partial charge in [0.1, 0.15) is 5.39 Å².